The molecule has 0 aliphatic heterocycles. The molecule has 2 aromatic rings. The highest BCUT2D eigenvalue weighted by molar-refractivity contribution is 7.07. The zero-order valence-electron chi connectivity index (χ0n) is 6.56. The number of aromatic nitrogens is 3. The van der Waals surface area contributed by atoms with Crippen molar-refractivity contribution in [1.82, 2.24) is 14.8 Å². The van der Waals surface area contributed by atoms with Crippen LogP contribution in [0, 0.1) is 0 Å². The van der Waals surface area contributed by atoms with Crippen molar-refractivity contribution < 1.29 is 0 Å². The van der Waals surface area contributed by atoms with E-state index in [1.165, 1.54) is 0 Å². The first-order valence-electron chi connectivity index (χ1n) is 3.45. The second-order valence-corrected chi connectivity index (χ2v) is 3.17. The van der Waals surface area contributed by atoms with Crippen LogP contribution in [0.15, 0.2) is 17.0 Å². The van der Waals surface area contributed by atoms with Gasteiger partial charge in [0.1, 0.15) is 17.2 Å². The Balaban J connectivity index is 2.48. The van der Waals surface area contributed by atoms with Crippen LogP contribution >= 0.6 is 11.3 Å². The highest BCUT2D eigenvalue weighted by atomic mass is 32.1. The van der Waals surface area contributed by atoms with Crippen LogP contribution in [-0.4, -0.2) is 14.8 Å². The van der Waals surface area contributed by atoms with Crippen LogP contribution < -0.4 is 5.73 Å². The van der Waals surface area contributed by atoms with Gasteiger partial charge in [0, 0.05) is 18.5 Å². The Labute approximate surface area is 73.7 Å². The van der Waals surface area contributed by atoms with Crippen LogP contribution in [-0.2, 0) is 7.05 Å². The summed E-state index contributed by atoms with van der Waals surface area (Å²) in [6.07, 6.45) is 0. The first kappa shape index (κ1) is 7.30. The molecular formula is C7H8N4S. The second kappa shape index (κ2) is 2.60. The maximum Gasteiger partial charge on any atom is 0.122 e. The minimum Gasteiger partial charge on any atom is -0.384 e. The SMILES string of the molecule is Cn1nc(-c2cscn2)cc1N. The van der Waals surface area contributed by atoms with E-state index >= 15 is 0 Å². The van der Waals surface area contributed by atoms with Crippen molar-refractivity contribution in [1.29, 1.82) is 0 Å². The van der Waals surface area contributed by atoms with Crippen LogP contribution in [0.5, 0.6) is 0 Å². The summed E-state index contributed by atoms with van der Waals surface area (Å²) in [5, 5.41) is 6.13. The maximum absolute atomic E-state index is 5.62. The normalized spacial score (nSPS) is 10.4. The fourth-order valence-electron chi connectivity index (χ4n) is 0.946. The number of nitrogens with two attached hydrogens (primary N) is 1. The molecule has 0 amide bonds. The van der Waals surface area contributed by atoms with Gasteiger partial charge >= 0.3 is 0 Å². The molecule has 62 valence electrons. The number of hydrogen-bond donors (Lipinski definition) is 1. The molecule has 2 rings (SSSR count). The molecule has 0 aliphatic carbocycles. The summed E-state index contributed by atoms with van der Waals surface area (Å²) in [6, 6.07) is 1.81. The molecule has 12 heavy (non-hydrogen) atoms. The van der Waals surface area contributed by atoms with E-state index in [0.29, 0.717) is 5.82 Å². The molecule has 0 aliphatic rings. The average molecular weight is 180 g/mol. The van der Waals surface area contributed by atoms with Gasteiger partial charge in [-0.2, -0.15) is 5.10 Å². The monoisotopic (exact) mass is 180 g/mol. The second-order valence-electron chi connectivity index (χ2n) is 2.45. The average Bonchev–Trinajstić information content (AvgIpc) is 2.61. The van der Waals surface area contributed by atoms with Crippen LogP contribution in [0.4, 0.5) is 5.82 Å². The molecule has 0 spiro atoms. The Kier molecular flexibility index (Phi) is 1.58. The van der Waals surface area contributed by atoms with Crippen LogP contribution in [0.2, 0.25) is 0 Å². The van der Waals surface area contributed by atoms with Crippen molar-refractivity contribution in [3.8, 4) is 11.4 Å². The lowest BCUT2D eigenvalue weighted by molar-refractivity contribution is 0.781. The van der Waals surface area contributed by atoms with E-state index in [2.05, 4.69) is 10.1 Å². The molecule has 2 heterocycles. The lowest BCUT2D eigenvalue weighted by Gasteiger charge is -1.88. The molecule has 0 radical (unpaired) electrons. The molecule has 4 nitrogen and oxygen atoms in total. The molecule has 2 aromatic heterocycles. The quantitative estimate of drug-likeness (QED) is 0.715. The topological polar surface area (TPSA) is 56.7 Å². The highest BCUT2D eigenvalue weighted by Crippen LogP contribution is 2.18. The number of aryl methyl sites for hydroxylation is 1. The molecule has 0 unspecified atom stereocenters. The number of hydrogen-bond acceptors (Lipinski definition) is 4. The first-order valence-corrected chi connectivity index (χ1v) is 4.40. The highest BCUT2D eigenvalue weighted by Gasteiger charge is 2.05. The van der Waals surface area contributed by atoms with Gasteiger partial charge in [0.25, 0.3) is 0 Å². The third kappa shape index (κ3) is 1.08. The standard InChI is InChI=1S/C7H8N4S/c1-11-7(8)2-5(10-11)6-3-12-4-9-6/h2-4H,8H2,1H3. The summed E-state index contributed by atoms with van der Waals surface area (Å²) < 4.78 is 1.63. The van der Waals surface area contributed by atoms with E-state index in [4.69, 9.17) is 5.73 Å². The van der Waals surface area contributed by atoms with Gasteiger partial charge in [0.2, 0.25) is 0 Å². The van der Waals surface area contributed by atoms with Crippen molar-refractivity contribution in [3.63, 3.8) is 0 Å². The fourth-order valence-corrected chi connectivity index (χ4v) is 1.49. The maximum atomic E-state index is 5.62. The number of nitrogen functional groups attached to an aromatic ring is 1. The Morgan fingerprint density at radius 3 is 2.83 bits per heavy atom. The van der Waals surface area contributed by atoms with Crippen LogP contribution in [0.1, 0.15) is 0 Å². The van der Waals surface area contributed by atoms with E-state index in [9.17, 15) is 0 Å². The molecule has 2 N–H and O–H groups in total. The molecule has 0 saturated carbocycles. The lowest BCUT2D eigenvalue weighted by atomic mass is 10.3. The molecule has 5 heteroatoms. The largest absolute Gasteiger partial charge is 0.384 e. The Morgan fingerprint density at radius 1 is 1.50 bits per heavy atom. The van der Waals surface area contributed by atoms with Gasteiger partial charge in [-0.15, -0.1) is 11.3 Å². The molecule has 0 bridgehead atoms. The Bertz CT molecular complexity index is 357. The van der Waals surface area contributed by atoms with E-state index in [0.717, 1.165) is 11.4 Å². The summed E-state index contributed by atoms with van der Waals surface area (Å²) in [7, 11) is 1.81. The molecule has 0 aromatic carbocycles. The zero-order valence-corrected chi connectivity index (χ0v) is 7.38. The van der Waals surface area contributed by atoms with Crippen molar-refractivity contribution in [2.75, 3.05) is 5.73 Å². The predicted molar refractivity (Wildman–Crippen MR) is 48.7 cm³/mol. The minimum atomic E-state index is 0.651. The number of rotatable bonds is 1. The zero-order chi connectivity index (χ0) is 8.55. The van der Waals surface area contributed by atoms with Crippen molar-refractivity contribution >= 4 is 17.2 Å². The van der Waals surface area contributed by atoms with Gasteiger partial charge in [-0.1, -0.05) is 0 Å². The number of thiazole rings is 1. The Hall–Kier alpha value is -1.36. The lowest BCUT2D eigenvalue weighted by Crippen LogP contribution is -1.96. The van der Waals surface area contributed by atoms with Gasteiger partial charge in [-0.25, -0.2) is 4.98 Å². The smallest absolute Gasteiger partial charge is 0.122 e. The Morgan fingerprint density at radius 2 is 2.33 bits per heavy atom. The minimum absolute atomic E-state index is 0.651. The van der Waals surface area contributed by atoms with E-state index in [1.54, 1.807) is 21.5 Å². The fraction of sp³-hybridized carbons (Fsp3) is 0.143. The summed E-state index contributed by atoms with van der Waals surface area (Å²) in [4.78, 5) is 4.13. The van der Waals surface area contributed by atoms with E-state index < -0.39 is 0 Å². The van der Waals surface area contributed by atoms with Gasteiger partial charge in [-0.3, -0.25) is 4.68 Å². The number of anilines is 1. The predicted octanol–water partition coefficient (Wildman–Crippen LogP) is 1.13. The van der Waals surface area contributed by atoms with Gasteiger partial charge in [0.05, 0.1) is 5.51 Å². The van der Waals surface area contributed by atoms with E-state index in [1.807, 2.05) is 18.5 Å². The first-order chi connectivity index (χ1) is 5.77. The van der Waals surface area contributed by atoms with Gasteiger partial charge in [0.15, 0.2) is 0 Å². The van der Waals surface area contributed by atoms with Crippen molar-refractivity contribution in [2.45, 2.75) is 0 Å². The summed E-state index contributed by atoms with van der Waals surface area (Å²) in [6.45, 7) is 0. The summed E-state index contributed by atoms with van der Waals surface area (Å²) in [5.41, 5.74) is 9.11. The molecule has 0 saturated heterocycles. The summed E-state index contributed by atoms with van der Waals surface area (Å²) >= 11 is 1.55. The van der Waals surface area contributed by atoms with Crippen molar-refractivity contribution in [2.24, 2.45) is 7.05 Å². The van der Waals surface area contributed by atoms with Crippen LogP contribution in [0.3, 0.4) is 0 Å². The van der Waals surface area contributed by atoms with Gasteiger partial charge in [-0.05, 0) is 0 Å². The third-order valence-electron chi connectivity index (χ3n) is 1.61. The van der Waals surface area contributed by atoms with Gasteiger partial charge < -0.3 is 5.73 Å². The van der Waals surface area contributed by atoms with Crippen molar-refractivity contribution in [3.05, 3.63) is 17.0 Å². The number of nitrogens with zero attached hydrogens (tertiary/aromatic N) is 3. The molecule has 0 atom stereocenters. The molecule has 0 fully saturated rings. The molecular weight excluding hydrogens is 172 g/mol. The van der Waals surface area contributed by atoms with Crippen LogP contribution in [0.25, 0.3) is 11.4 Å². The summed E-state index contributed by atoms with van der Waals surface area (Å²) in [5.74, 6) is 0.651. The third-order valence-corrected chi connectivity index (χ3v) is 2.20. The van der Waals surface area contributed by atoms with E-state index in [-0.39, 0.29) is 0 Å².